The van der Waals surface area contributed by atoms with Gasteiger partial charge in [0.15, 0.2) is 0 Å². The highest BCUT2D eigenvalue weighted by molar-refractivity contribution is 5.69. The molecule has 2 aromatic carbocycles. The van der Waals surface area contributed by atoms with Crippen LogP contribution >= 0.6 is 0 Å². The second-order valence-electron chi connectivity index (χ2n) is 4.71. The smallest absolute Gasteiger partial charge is 0.123 e. The van der Waals surface area contributed by atoms with Gasteiger partial charge in [0.25, 0.3) is 0 Å². The van der Waals surface area contributed by atoms with Crippen molar-refractivity contribution in [3.63, 3.8) is 0 Å². The first-order valence-corrected chi connectivity index (χ1v) is 6.19. The maximum absolute atomic E-state index is 12.7. The van der Waals surface area contributed by atoms with Crippen LogP contribution < -0.4 is 0 Å². The lowest BCUT2D eigenvalue weighted by atomic mass is 10.0. The second-order valence-corrected chi connectivity index (χ2v) is 4.71. The fourth-order valence-electron chi connectivity index (χ4n) is 1.76. The molecule has 0 atom stereocenters. The van der Waals surface area contributed by atoms with Crippen LogP contribution in [0.15, 0.2) is 48.5 Å². The zero-order valence-corrected chi connectivity index (χ0v) is 10.7. The first-order chi connectivity index (χ1) is 8.65. The minimum atomic E-state index is -0.201. The van der Waals surface area contributed by atoms with Gasteiger partial charge in [0.1, 0.15) is 5.82 Å². The van der Waals surface area contributed by atoms with Gasteiger partial charge in [-0.2, -0.15) is 0 Å². The molecule has 0 amide bonds. The van der Waals surface area contributed by atoms with Crippen LogP contribution in [0.2, 0.25) is 0 Å². The summed E-state index contributed by atoms with van der Waals surface area (Å²) in [5.74, 6) is 0.355. The van der Waals surface area contributed by atoms with Gasteiger partial charge in [-0.25, -0.2) is 4.39 Å². The van der Waals surface area contributed by atoms with Crippen molar-refractivity contribution in [2.24, 2.45) is 0 Å². The van der Waals surface area contributed by atoms with E-state index in [1.807, 2.05) is 12.2 Å². The summed E-state index contributed by atoms with van der Waals surface area (Å²) in [4.78, 5) is 0. The molecule has 2 aromatic rings. The molecule has 0 fully saturated rings. The minimum Gasteiger partial charge on any atom is -0.207 e. The minimum absolute atomic E-state index is 0.201. The molecule has 0 heterocycles. The lowest BCUT2D eigenvalue weighted by Gasteiger charge is -2.04. The Labute approximate surface area is 108 Å². The first-order valence-electron chi connectivity index (χ1n) is 6.19. The maximum atomic E-state index is 12.7. The molecular weight excluding hydrogens is 223 g/mol. The Bertz CT molecular complexity index is 519. The summed E-state index contributed by atoms with van der Waals surface area (Å²) in [5.41, 5.74) is 3.50. The van der Waals surface area contributed by atoms with Crippen molar-refractivity contribution in [2.45, 2.75) is 19.8 Å². The fraction of sp³-hybridized carbons (Fsp3) is 0.176. The topological polar surface area (TPSA) is 0 Å². The van der Waals surface area contributed by atoms with E-state index in [2.05, 4.69) is 38.1 Å². The van der Waals surface area contributed by atoms with Crippen LogP contribution in [-0.4, -0.2) is 0 Å². The largest absolute Gasteiger partial charge is 0.207 e. The van der Waals surface area contributed by atoms with E-state index in [0.29, 0.717) is 5.92 Å². The van der Waals surface area contributed by atoms with E-state index in [-0.39, 0.29) is 5.82 Å². The van der Waals surface area contributed by atoms with Gasteiger partial charge in [0, 0.05) is 0 Å². The summed E-state index contributed by atoms with van der Waals surface area (Å²) in [6, 6.07) is 15.0. The van der Waals surface area contributed by atoms with Gasteiger partial charge in [-0.15, -0.1) is 0 Å². The molecule has 0 saturated carbocycles. The van der Waals surface area contributed by atoms with E-state index < -0.39 is 0 Å². The summed E-state index contributed by atoms with van der Waals surface area (Å²) in [6.07, 6.45) is 4.03. The molecule has 0 N–H and O–H groups in total. The molecule has 0 nitrogen and oxygen atoms in total. The maximum Gasteiger partial charge on any atom is 0.123 e. The highest BCUT2D eigenvalue weighted by atomic mass is 19.1. The van der Waals surface area contributed by atoms with Crippen molar-refractivity contribution in [3.05, 3.63) is 71.0 Å². The van der Waals surface area contributed by atoms with Crippen LogP contribution in [0.4, 0.5) is 4.39 Å². The molecular formula is C17H17F. The molecule has 92 valence electrons. The normalized spacial score (nSPS) is 11.3. The van der Waals surface area contributed by atoms with Gasteiger partial charge in [-0.1, -0.05) is 62.4 Å². The third kappa shape index (κ3) is 3.30. The third-order valence-electron chi connectivity index (χ3n) is 2.94. The van der Waals surface area contributed by atoms with Crippen molar-refractivity contribution in [3.8, 4) is 0 Å². The number of hydrogen-bond donors (Lipinski definition) is 0. The van der Waals surface area contributed by atoms with Crippen LogP contribution in [0.1, 0.15) is 36.5 Å². The highest BCUT2D eigenvalue weighted by Crippen LogP contribution is 2.16. The van der Waals surface area contributed by atoms with Gasteiger partial charge < -0.3 is 0 Å². The monoisotopic (exact) mass is 240 g/mol. The van der Waals surface area contributed by atoms with Crippen molar-refractivity contribution in [2.75, 3.05) is 0 Å². The van der Waals surface area contributed by atoms with Crippen LogP contribution in [0, 0.1) is 5.82 Å². The molecule has 18 heavy (non-hydrogen) atoms. The molecule has 1 heteroatoms. The molecule has 0 aliphatic rings. The van der Waals surface area contributed by atoms with E-state index in [1.54, 1.807) is 12.1 Å². The Morgan fingerprint density at radius 2 is 1.22 bits per heavy atom. The van der Waals surface area contributed by atoms with Gasteiger partial charge in [-0.05, 0) is 34.7 Å². The Balaban J connectivity index is 2.11. The van der Waals surface area contributed by atoms with Gasteiger partial charge >= 0.3 is 0 Å². The van der Waals surface area contributed by atoms with E-state index in [9.17, 15) is 4.39 Å². The Morgan fingerprint density at radius 3 is 1.67 bits per heavy atom. The molecule has 2 rings (SSSR count). The van der Waals surface area contributed by atoms with Crippen molar-refractivity contribution in [1.29, 1.82) is 0 Å². The lowest BCUT2D eigenvalue weighted by Crippen LogP contribution is -1.85. The Hall–Kier alpha value is -1.89. The summed E-state index contributed by atoms with van der Waals surface area (Å²) in [5, 5.41) is 0. The predicted molar refractivity (Wildman–Crippen MR) is 75.9 cm³/mol. The average molecular weight is 240 g/mol. The fourth-order valence-corrected chi connectivity index (χ4v) is 1.76. The lowest BCUT2D eigenvalue weighted by molar-refractivity contribution is 0.628. The zero-order valence-electron chi connectivity index (χ0n) is 10.7. The summed E-state index contributed by atoms with van der Waals surface area (Å²) in [6.45, 7) is 4.37. The van der Waals surface area contributed by atoms with E-state index in [4.69, 9.17) is 0 Å². The van der Waals surface area contributed by atoms with Crippen molar-refractivity contribution < 1.29 is 4.39 Å². The number of hydrogen-bond acceptors (Lipinski definition) is 0. The van der Waals surface area contributed by atoms with Crippen LogP contribution in [0.3, 0.4) is 0 Å². The molecule has 0 aromatic heterocycles. The SMILES string of the molecule is CC(C)c1ccc(C=Cc2ccc(F)cc2)cc1. The van der Waals surface area contributed by atoms with Crippen LogP contribution in [0.5, 0.6) is 0 Å². The summed E-state index contributed by atoms with van der Waals surface area (Å²) >= 11 is 0. The van der Waals surface area contributed by atoms with Gasteiger partial charge in [0.2, 0.25) is 0 Å². The van der Waals surface area contributed by atoms with Crippen molar-refractivity contribution in [1.82, 2.24) is 0 Å². The molecule has 0 bridgehead atoms. The molecule has 0 aliphatic heterocycles. The molecule has 0 saturated heterocycles. The van der Waals surface area contributed by atoms with Gasteiger partial charge in [-0.3, -0.25) is 0 Å². The van der Waals surface area contributed by atoms with Crippen LogP contribution in [0.25, 0.3) is 12.2 Å². The highest BCUT2D eigenvalue weighted by Gasteiger charge is 1.97. The third-order valence-corrected chi connectivity index (χ3v) is 2.94. The number of rotatable bonds is 3. The standard InChI is InChI=1S/C17H17F/c1-13(2)16-9-5-14(6-10-16)3-4-15-7-11-17(18)12-8-15/h3-13H,1-2H3. The van der Waals surface area contributed by atoms with Crippen molar-refractivity contribution >= 4 is 12.2 Å². The summed E-state index contributed by atoms with van der Waals surface area (Å²) < 4.78 is 12.7. The predicted octanol–water partition coefficient (Wildman–Crippen LogP) is 5.12. The van der Waals surface area contributed by atoms with Crippen LogP contribution in [-0.2, 0) is 0 Å². The number of halogens is 1. The van der Waals surface area contributed by atoms with E-state index >= 15 is 0 Å². The number of benzene rings is 2. The van der Waals surface area contributed by atoms with Gasteiger partial charge in [0.05, 0.1) is 0 Å². The second kappa shape index (κ2) is 5.63. The Morgan fingerprint density at radius 1 is 0.778 bits per heavy atom. The molecule has 0 spiro atoms. The quantitative estimate of drug-likeness (QED) is 0.653. The average Bonchev–Trinajstić information content (AvgIpc) is 2.38. The molecule has 0 aliphatic carbocycles. The summed E-state index contributed by atoms with van der Waals surface area (Å²) in [7, 11) is 0. The van der Waals surface area contributed by atoms with E-state index in [1.165, 1.54) is 17.7 Å². The first kappa shape index (κ1) is 12.6. The zero-order chi connectivity index (χ0) is 13.0. The Kier molecular flexibility index (Phi) is 3.93. The van der Waals surface area contributed by atoms with E-state index in [0.717, 1.165) is 11.1 Å². The molecule has 0 radical (unpaired) electrons. The molecule has 0 unspecified atom stereocenters.